The molecule has 2 atom stereocenters. The van der Waals surface area contributed by atoms with Crippen molar-refractivity contribution in [3.05, 3.63) is 28.2 Å². The van der Waals surface area contributed by atoms with Crippen LogP contribution in [0.1, 0.15) is 0 Å². The van der Waals surface area contributed by atoms with Crippen LogP contribution < -0.4 is 10.2 Å². The Balaban J connectivity index is 1.98. The summed E-state index contributed by atoms with van der Waals surface area (Å²) in [6.07, 6.45) is 0. The Morgan fingerprint density at radius 1 is 1.16 bits per heavy atom. The van der Waals surface area contributed by atoms with Crippen LogP contribution in [0.25, 0.3) is 0 Å². The number of ether oxygens (including phenoxy) is 1. The van der Waals surface area contributed by atoms with Crippen molar-refractivity contribution in [2.24, 2.45) is 5.92 Å². The van der Waals surface area contributed by atoms with E-state index in [1.165, 1.54) is 12.1 Å². The highest BCUT2D eigenvalue weighted by molar-refractivity contribution is 6.35. The number of fused-ring (bicyclic) bond motifs is 1. The average molecular weight is 301 g/mol. The van der Waals surface area contributed by atoms with Crippen molar-refractivity contribution in [2.45, 2.75) is 6.04 Å². The minimum absolute atomic E-state index is 0.245. The van der Waals surface area contributed by atoms with Gasteiger partial charge >= 0.3 is 6.03 Å². The van der Waals surface area contributed by atoms with Gasteiger partial charge in [-0.05, 0) is 18.2 Å². The third-order valence-corrected chi connectivity index (χ3v) is 3.67. The first kappa shape index (κ1) is 12.7. The fraction of sp³-hybridized carbons (Fsp3) is 0.333. The lowest BCUT2D eigenvalue weighted by Crippen LogP contribution is -2.60. The Hall–Kier alpha value is -1.30. The number of anilines is 1. The molecule has 0 aliphatic carbocycles. The highest BCUT2D eigenvalue weighted by Crippen LogP contribution is 2.30. The van der Waals surface area contributed by atoms with Gasteiger partial charge in [0.2, 0.25) is 5.91 Å². The zero-order chi connectivity index (χ0) is 13.6. The Kier molecular flexibility index (Phi) is 3.12. The van der Waals surface area contributed by atoms with E-state index in [9.17, 15) is 9.59 Å². The van der Waals surface area contributed by atoms with E-state index in [0.717, 1.165) is 4.90 Å². The molecular weight excluding hydrogens is 291 g/mol. The largest absolute Gasteiger partial charge is 0.378 e. The number of hydrogen-bond donors (Lipinski definition) is 1. The molecule has 0 aromatic heterocycles. The van der Waals surface area contributed by atoms with E-state index in [4.69, 9.17) is 27.9 Å². The molecule has 7 heteroatoms. The van der Waals surface area contributed by atoms with Crippen molar-refractivity contribution in [1.29, 1.82) is 0 Å². The molecule has 2 unspecified atom stereocenters. The molecule has 0 radical (unpaired) electrons. The molecule has 2 heterocycles. The van der Waals surface area contributed by atoms with Crippen LogP contribution in [0.3, 0.4) is 0 Å². The maximum absolute atomic E-state index is 12.3. The molecule has 1 N–H and O–H groups in total. The molecule has 100 valence electrons. The van der Waals surface area contributed by atoms with Gasteiger partial charge in [-0.25, -0.2) is 9.69 Å². The Morgan fingerprint density at radius 3 is 2.53 bits per heavy atom. The van der Waals surface area contributed by atoms with Crippen molar-refractivity contribution >= 4 is 40.8 Å². The molecule has 3 rings (SSSR count). The lowest BCUT2D eigenvalue weighted by atomic mass is 9.99. The summed E-state index contributed by atoms with van der Waals surface area (Å²) >= 11 is 11.8. The zero-order valence-corrected chi connectivity index (χ0v) is 11.2. The lowest BCUT2D eigenvalue weighted by Gasteiger charge is -2.32. The minimum atomic E-state index is -0.477. The van der Waals surface area contributed by atoms with E-state index in [-0.39, 0.29) is 17.9 Å². The van der Waals surface area contributed by atoms with Crippen molar-refractivity contribution in [1.82, 2.24) is 5.32 Å². The summed E-state index contributed by atoms with van der Waals surface area (Å²) < 4.78 is 5.23. The van der Waals surface area contributed by atoms with Crippen LogP contribution in [0, 0.1) is 5.92 Å². The molecular formula is C12H10Cl2N2O3. The van der Waals surface area contributed by atoms with Gasteiger partial charge in [-0.2, -0.15) is 0 Å². The van der Waals surface area contributed by atoms with Crippen LogP contribution >= 0.6 is 23.2 Å². The summed E-state index contributed by atoms with van der Waals surface area (Å²) in [6.45, 7) is 0.681. The van der Waals surface area contributed by atoms with Gasteiger partial charge in [0.15, 0.2) is 0 Å². The summed E-state index contributed by atoms with van der Waals surface area (Å²) in [6, 6.07) is 3.88. The second-order valence-electron chi connectivity index (χ2n) is 4.50. The van der Waals surface area contributed by atoms with Crippen LogP contribution in [0.15, 0.2) is 18.2 Å². The summed E-state index contributed by atoms with van der Waals surface area (Å²) in [4.78, 5) is 25.4. The smallest absolute Gasteiger partial charge is 0.329 e. The van der Waals surface area contributed by atoms with Gasteiger partial charge in [-0.3, -0.25) is 4.79 Å². The van der Waals surface area contributed by atoms with E-state index in [2.05, 4.69) is 5.32 Å². The molecule has 3 amide bonds. The summed E-state index contributed by atoms with van der Waals surface area (Å²) in [5, 5.41) is 3.49. The van der Waals surface area contributed by atoms with Gasteiger partial charge < -0.3 is 10.1 Å². The topological polar surface area (TPSA) is 58.6 Å². The van der Waals surface area contributed by atoms with E-state index < -0.39 is 6.03 Å². The molecule has 5 nitrogen and oxygen atoms in total. The maximum Gasteiger partial charge on any atom is 0.329 e. The SMILES string of the molecule is O=C1NC2COCC2C(=O)N1c1cc(Cl)cc(Cl)c1. The third kappa shape index (κ3) is 2.18. The molecule has 2 aliphatic heterocycles. The second kappa shape index (κ2) is 4.67. The molecule has 0 spiro atoms. The fourth-order valence-corrected chi connectivity index (χ4v) is 2.86. The van der Waals surface area contributed by atoms with Gasteiger partial charge in [0.05, 0.1) is 30.9 Å². The predicted octanol–water partition coefficient (Wildman–Crippen LogP) is 2.06. The number of imide groups is 1. The maximum atomic E-state index is 12.3. The number of nitrogens with zero attached hydrogens (tertiary/aromatic N) is 1. The van der Waals surface area contributed by atoms with Crippen molar-refractivity contribution < 1.29 is 14.3 Å². The van der Waals surface area contributed by atoms with Gasteiger partial charge in [0.25, 0.3) is 0 Å². The molecule has 0 bridgehead atoms. The number of halogens is 2. The number of urea groups is 1. The average Bonchev–Trinajstić information content (AvgIpc) is 2.75. The molecule has 2 aliphatic rings. The lowest BCUT2D eigenvalue weighted by molar-refractivity contribution is -0.122. The standard InChI is InChI=1S/C12H10Cl2N2O3/c13-6-1-7(14)3-8(2-6)16-11(17)9-4-19-5-10(9)15-12(16)18/h1-3,9-10H,4-5H2,(H,15,18). The van der Waals surface area contributed by atoms with Gasteiger partial charge in [-0.15, -0.1) is 0 Å². The molecule has 0 saturated carbocycles. The summed E-state index contributed by atoms with van der Waals surface area (Å²) in [5.41, 5.74) is 0.366. The van der Waals surface area contributed by atoms with Crippen LogP contribution in [-0.2, 0) is 9.53 Å². The Bertz CT molecular complexity index is 544. The number of amides is 3. The second-order valence-corrected chi connectivity index (χ2v) is 5.37. The first-order valence-corrected chi connectivity index (χ1v) is 6.50. The zero-order valence-electron chi connectivity index (χ0n) is 9.73. The van der Waals surface area contributed by atoms with Crippen LogP contribution in [0.5, 0.6) is 0 Å². The monoisotopic (exact) mass is 300 g/mol. The number of carbonyl (C=O) groups is 2. The molecule has 2 saturated heterocycles. The molecule has 1 aromatic carbocycles. The number of hydrogen-bond acceptors (Lipinski definition) is 3. The Morgan fingerprint density at radius 2 is 1.84 bits per heavy atom. The minimum Gasteiger partial charge on any atom is -0.378 e. The quantitative estimate of drug-likeness (QED) is 0.864. The molecule has 1 aromatic rings. The molecule has 2 fully saturated rings. The van der Waals surface area contributed by atoms with E-state index in [0.29, 0.717) is 28.9 Å². The van der Waals surface area contributed by atoms with Crippen molar-refractivity contribution in [2.75, 3.05) is 18.1 Å². The normalized spacial score (nSPS) is 26.3. The predicted molar refractivity (Wildman–Crippen MR) is 70.6 cm³/mol. The summed E-state index contributed by atoms with van der Waals surface area (Å²) in [7, 11) is 0. The number of rotatable bonds is 1. The molecule has 19 heavy (non-hydrogen) atoms. The van der Waals surface area contributed by atoms with E-state index >= 15 is 0 Å². The highest BCUT2D eigenvalue weighted by atomic mass is 35.5. The van der Waals surface area contributed by atoms with Crippen LogP contribution in [0.4, 0.5) is 10.5 Å². The van der Waals surface area contributed by atoms with E-state index in [1.54, 1.807) is 6.07 Å². The third-order valence-electron chi connectivity index (χ3n) is 3.24. The number of nitrogens with one attached hydrogen (secondary N) is 1. The van der Waals surface area contributed by atoms with Crippen molar-refractivity contribution in [3.8, 4) is 0 Å². The van der Waals surface area contributed by atoms with E-state index in [1.807, 2.05) is 0 Å². The van der Waals surface area contributed by atoms with Crippen molar-refractivity contribution in [3.63, 3.8) is 0 Å². The number of carbonyl (C=O) groups excluding carboxylic acids is 2. The summed E-state index contributed by atoms with van der Waals surface area (Å²) in [5.74, 6) is -0.639. The fourth-order valence-electron chi connectivity index (χ4n) is 2.34. The van der Waals surface area contributed by atoms with Crippen LogP contribution in [0.2, 0.25) is 10.0 Å². The highest BCUT2D eigenvalue weighted by Gasteiger charge is 2.45. The first-order valence-electron chi connectivity index (χ1n) is 5.74. The first-order chi connectivity index (χ1) is 9.06. The number of benzene rings is 1. The Labute approximate surface area is 119 Å². The van der Waals surface area contributed by atoms with Gasteiger partial charge in [0, 0.05) is 10.0 Å². The van der Waals surface area contributed by atoms with Gasteiger partial charge in [0.1, 0.15) is 0 Å². The van der Waals surface area contributed by atoms with Crippen LogP contribution in [-0.4, -0.2) is 31.2 Å². The van der Waals surface area contributed by atoms with Gasteiger partial charge in [-0.1, -0.05) is 23.2 Å².